The molecule has 1 amide bonds. The second-order valence-corrected chi connectivity index (χ2v) is 4.56. The Kier molecular flexibility index (Phi) is 4.85. The summed E-state index contributed by atoms with van der Waals surface area (Å²) < 4.78 is 29.0. The lowest BCUT2D eigenvalue weighted by Gasteiger charge is -2.12. The van der Waals surface area contributed by atoms with E-state index in [-0.39, 0.29) is 22.7 Å². The summed E-state index contributed by atoms with van der Waals surface area (Å²) in [5.74, 6) is -1.02. The Morgan fingerprint density at radius 3 is 2.57 bits per heavy atom. The quantitative estimate of drug-likeness (QED) is 0.671. The van der Waals surface area contributed by atoms with Crippen LogP contribution in [0.3, 0.4) is 0 Å². The first-order chi connectivity index (χ1) is 10.9. The number of rotatable bonds is 5. The maximum atomic E-state index is 12.4. The number of alkyl halides is 2. The van der Waals surface area contributed by atoms with Crippen LogP contribution in [0.2, 0.25) is 0 Å². The van der Waals surface area contributed by atoms with Crippen molar-refractivity contribution in [1.82, 2.24) is 0 Å². The van der Waals surface area contributed by atoms with Crippen molar-refractivity contribution in [2.75, 3.05) is 5.32 Å². The molecule has 2 rings (SSSR count). The third-order valence-electron chi connectivity index (χ3n) is 3.02. The minimum Gasteiger partial charge on any atom is -0.433 e. The number of carbonyl (C=O) groups excluding carboxylic acids is 1. The first-order valence-corrected chi connectivity index (χ1v) is 6.49. The van der Waals surface area contributed by atoms with E-state index in [1.807, 2.05) is 0 Å². The van der Waals surface area contributed by atoms with Gasteiger partial charge in [0.2, 0.25) is 0 Å². The van der Waals surface area contributed by atoms with Gasteiger partial charge in [0.15, 0.2) is 0 Å². The van der Waals surface area contributed by atoms with Crippen molar-refractivity contribution in [3.05, 3.63) is 63.7 Å². The predicted molar refractivity (Wildman–Crippen MR) is 78.9 cm³/mol. The Balaban J connectivity index is 2.34. The second kappa shape index (κ2) is 6.82. The van der Waals surface area contributed by atoms with Gasteiger partial charge in [0.25, 0.3) is 11.6 Å². The molecule has 0 spiro atoms. The summed E-state index contributed by atoms with van der Waals surface area (Å²) >= 11 is 0. The van der Waals surface area contributed by atoms with Crippen LogP contribution in [0.1, 0.15) is 15.9 Å². The summed E-state index contributed by atoms with van der Waals surface area (Å²) in [6.45, 7) is -1.55. The van der Waals surface area contributed by atoms with E-state index >= 15 is 0 Å². The number of benzene rings is 2. The monoisotopic (exact) mass is 322 g/mol. The van der Waals surface area contributed by atoms with E-state index in [9.17, 15) is 23.7 Å². The molecule has 23 heavy (non-hydrogen) atoms. The Hall–Kier alpha value is -3.03. The van der Waals surface area contributed by atoms with E-state index in [0.29, 0.717) is 5.56 Å². The molecule has 0 saturated carbocycles. The maximum absolute atomic E-state index is 12.4. The third kappa shape index (κ3) is 3.79. The third-order valence-corrected chi connectivity index (χ3v) is 3.02. The van der Waals surface area contributed by atoms with Crippen molar-refractivity contribution < 1.29 is 23.2 Å². The number of halogens is 2. The summed E-state index contributed by atoms with van der Waals surface area (Å²) in [5.41, 5.74) is -0.188. The number of anilines is 1. The van der Waals surface area contributed by atoms with Gasteiger partial charge in [-0.1, -0.05) is 24.3 Å². The van der Waals surface area contributed by atoms with Crippen molar-refractivity contribution in [1.29, 1.82) is 0 Å². The van der Waals surface area contributed by atoms with Gasteiger partial charge in [-0.05, 0) is 25.1 Å². The van der Waals surface area contributed by atoms with Gasteiger partial charge in [-0.25, -0.2) is 0 Å². The predicted octanol–water partition coefficient (Wildman–Crippen LogP) is 3.76. The zero-order chi connectivity index (χ0) is 17.0. The molecule has 0 atom stereocenters. The summed E-state index contributed by atoms with van der Waals surface area (Å²) in [5, 5.41) is 13.5. The SMILES string of the molecule is Cc1cccc(C(=O)Nc2ccccc2OC(F)F)c1[N+](=O)[O-]. The van der Waals surface area contributed by atoms with Crippen LogP contribution < -0.4 is 10.1 Å². The van der Waals surface area contributed by atoms with Crippen LogP contribution in [0.25, 0.3) is 0 Å². The van der Waals surface area contributed by atoms with Crippen LogP contribution in [0.4, 0.5) is 20.2 Å². The number of nitrogens with zero attached hydrogens (tertiary/aromatic N) is 1. The van der Waals surface area contributed by atoms with E-state index in [1.54, 1.807) is 0 Å². The Morgan fingerprint density at radius 1 is 1.22 bits per heavy atom. The molecule has 1 N–H and O–H groups in total. The summed E-state index contributed by atoms with van der Waals surface area (Å²) in [4.78, 5) is 22.7. The largest absolute Gasteiger partial charge is 0.433 e. The highest BCUT2D eigenvalue weighted by Gasteiger charge is 2.23. The number of hydrogen-bond acceptors (Lipinski definition) is 4. The van der Waals surface area contributed by atoms with E-state index in [1.165, 1.54) is 49.4 Å². The lowest BCUT2D eigenvalue weighted by atomic mass is 10.1. The first kappa shape index (κ1) is 16.3. The minimum atomic E-state index is -3.05. The first-order valence-electron chi connectivity index (χ1n) is 6.49. The topological polar surface area (TPSA) is 81.5 Å². The average Bonchev–Trinajstić information content (AvgIpc) is 2.48. The molecule has 0 unspecified atom stereocenters. The van der Waals surface area contributed by atoms with Gasteiger partial charge in [0.05, 0.1) is 10.6 Å². The normalized spacial score (nSPS) is 10.4. The molecule has 8 heteroatoms. The second-order valence-electron chi connectivity index (χ2n) is 4.56. The van der Waals surface area contributed by atoms with Gasteiger partial charge in [-0.2, -0.15) is 8.78 Å². The van der Waals surface area contributed by atoms with Crippen LogP contribution >= 0.6 is 0 Å². The Bertz CT molecular complexity index is 750. The number of para-hydroxylation sites is 3. The van der Waals surface area contributed by atoms with Gasteiger partial charge in [0.1, 0.15) is 11.3 Å². The van der Waals surface area contributed by atoms with Crippen LogP contribution in [-0.2, 0) is 0 Å². The van der Waals surface area contributed by atoms with Crippen molar-refractivity contribution in [3.8, 4) is 5.75 Å². The van der Waals surface area contributed by atoms with Crippen LogP contribution in [0, 0.1) is 17.0 Å². The fourth-order valence-electron chi connectivity index (χ4n) is 2.04. The van der Waals surface area contributed by atoms with Crippen LogP contribution in [0.5, 0.6) is 5.75 Å². The molecule has 0 heterocycles. The molecule has 0 fully saturated rings. The zero-order valence-corrected chi connectivity index (χ0v) is 12.0. The van der Waals surface area contributed by atoms with Crippen molar-refractivity contribution >= 4 is 17.3 Å². The van der Waals surface area contributed by atoms with Crippen LogP contribution in [-0.4, -0.2) is 17.4 Å². The van der Waals surface area contributed by atoms with Gasteiger partial charge >= 0.3 is 6.61 Å². The molecular formula is C15H12F2N2O4. The molecule has 0 aromatic heterocycles. The number of nitrogens with one attached hydrogen (secondary N) is 1. The molecule has 0 saturated heterocycles. The van der Waals surface area contributed by atoms with Crippen molar-refractivity contribution in [2.45, 2.75) is 13.5 Å². The Morgan fingerprint density at radius 2 is 1.91 bits per heavy atom. The van der Waals surface area contributed by atoms with Gasteiger partial charge in [-0.3, -0.25) is 14.9 Å². The highest BCUT2D eigenvalue weighted by molar-refractivity contribution is 6.08. The van der Waals surface area contributed by atoms with E-state index < -0.39 is 17.4 Å². The van der Waals surface area contributed by atoms with E-state index in [4.69, 9.17) is 0 Å². The number of amides is 1. The number of nitro groups is 1. The molecule has 2 aromatic rings. The molecule has 120 valence electrons. The lowest BCUT2D eigenvalue weighted by Crippen LogP contribution is -2.16. The van der Waals surface area contributed by atoms with Crippen LogP contribution in [0.15, 0.2) is 42.5 Å². The smallest absolute Gasteiger partial charge is 0.387 e. The zero-order valence-electron chi connectivity index (χ0n) is 12.0. The highest BCUT2D eigenvalue weighted by Crippen LogP contribution is 2.28. The highest BCUT2D eigenvalue weighted by atomic mass is 19.3. The molecule has 0 bridgehead atoms. The van der Waals surface area contributed by atoms with E-state index in [2.05, 4.69) is 10.1 Å². The van der Waals surface area contributed by atoms with Gasteiger partial charge in [-0.15, -0.1) is 0 Å². The minimum absolute atomic E-state index is 0.00592. The number of nitro benzene ring substituents is 1. The summed E-state index contributed by atoms with van der Waals surface area (Å²) in [7, 11) is 0. The van der Waals surface area contributed by atoms with Crippen molar-refractivity contribution in [2.24, 2.45) is 0 Å². The fraction of sp³-hybridized carbons (Fsp3) is 0.133. The van der Waals surface area contributed by atoms with Gasteiger partial charge < -0.3 is 10.1 Å². The molecule has 6 nitrogen and oxygen atoms in total. The fourth-order valence-corrected chi connectivity index (χ4v) is 2.04. The van der Waals surface area contributed by atoms with Gasteiger partial charge in [0, 0.05) is 5.56 Å². The number of hydrogen-bond donors (Lipinski definition) is 1. The number of aryl methyl sites for hydroxylation is 1. The van der Waals surface area contributed by atoms with Crippen molar-refractivity contribution in [3.63, 3.8) is 0 Å². The number of carbonyl (C=O) groups is 1. The molecule has 0 radical (unpaired) electrons. The van der Waals surface area contributed by atoms with E-state index in [0.717, 1.165) is 0 Å². The lowest BCUT2D eigenvalue weighted by molar-refractivity contribution is -0.385. The summed E-state index contributed by atoms with van der Waals surface area (Å²) in [6, 6.07) is 9.88. The molecule has 2 aromatic carbocycles. The Labute approximate surface area is 129 Å². The maximum Gasteiger partial charge on any atom is 0.387 e. The summed E-state index contributed by atoms with van der Waals surface area (Å²) in [6.07, 6.45) is 0. The molecule has 0 aliphatic carbocycles. The number of ether oxygens (including phenoxy) is 1. The molecule has 0 aliphatic rings. The standard InChI is InChI=1S/C15H12F2N2O4/c1-9-5-4-6-10(13(9)19(21)22)14(20)18-11-7-2-3-8-12(11)23-15(16)17/h2-8,15H,1H3,(H,18,20). The molecular weight excluding hydrogens is 310 g/mol. The average molecular weight is 322 g/mol. The molecule has 0 aliphatic heterocycles.